The molecule has 88 valence electrons. The highest BCUT2D eigenvalue weighted by atomic mass is 16.5. The average Bonchev–Trinajstić information content (AvgIpc) is 2.27. The molecule has 1 amide bonds. The lowest BCUT2D eigenvalue weighted by molar-refractivity contribution is -0.126. The Balaban J connectivity index is 2.62. The van der Waals surface area contributed by atoms with Gasteiger partial charge in [0.2, 0.25) is 5.91 Å². The van der Waals surface area contributed by atoms with Crippen LogP contribution in [0.25, 0.3) is 0 Å². The largest absolute Gasteiger partial charge is 0.490 e. The zero-order chi connectivity index (χ0) is 12.0. The van der Waals surface area contributed by atoms with Crippen molar-refractivity contribution in [3.63, 3.8) is 0 Å². The maximum absolute atomic E-state index is 11.4. The van der Waals surface area contributed by atoms with Crippen molar-refractivity contribution in [2.24, 2.45) is 0 Å². The molecule has 0 spiro atoms. The summed E-state index contributed by atoms with van der Waals surface area (Å²) in [5.74, 6) is 1.25. The van der Waals surface area contributed by atoms with Crippen LogP contribution in [0.3, 0.4) is 0 Å². The molecule has 0 fully saturated rings. The summed E-state index contributed by atoms with van der Waals surface area (Å²) in [5, 5.41) is 2.95. The van der Waals surface area contributed by atoms with E-state index in [0.717, 1.165) is 0 Å². The van der Waals surface area contributed by atoms with Gasteiger partial charge in [0.25, 0.3) is 0 Å². The van der Waals surface area contributed by atoms with Gasteiger partial charge in [-0.15, -0.1) is 0 Å². The van der Waals surface area contributed by atoms with E-state index in [4.69, 9.17) is 4.74 Å². The number of likely N-dealkylation sites (N-methyl/N-ethyl adjacent to an activating group) is 1. The van der Waals surface area contributed by atoms with Gasteiger partial charge in [-0.1, -0.05) is 0 Å². The molecule has 0 saturated heterocycles. The minimum absolute atomic E-state index is 0.00639. The van der Waals surface area contributed by atoms with Crippen LogP contribution in [0.15, 0.2) is 18.3 Å². The summed E-state index contributed by atoms with van der Waals surface area (Å²) in [5.41, 5.74) is 0. The Labute approximate surface area is 95.4 Å². The van der Waals surface area contributed by atoms with Gasteiger partial charge in [-0.25, -0.2) is 4.98 Å². The lowest BCUT2D eigenvalue weighted by atomic mass is 10.4. The van der Waals surface area contributed by atoms with Crippen LogP contribution in [0.5, 0.6) is 5.75 Å². The predicted molar refractivity (Wildman–Crippen MR) is 62.6 cm³/mol. The van der Waals surface area contributed by atoms with E-state index in [1.807, 2.05) is 13.0 Å². The molecule has 0 aromatic carbocycles. The van der Waals surface area contributed by atoms with Gasteiger partial charge < -0.3 is 15.0 Å². The molecular weight excluding hydrogens is 206 g/mol. The number of pyridine rings is 1. The smallest absolute Gasteiger partial charge is 0.241 e. The van der Waals surface area contributed by atoms with Crippen molar-refractivity contribution in [3.8, 4) is 5.75 Å². The molecule has 0 radical (unpaired) electrons. The van der Waals surface area contributed by atoms with Gasteiger partial charge in [0, 0.05) is 20.3 Å². The van der Waals surface area contributed by atoms with Crippen LogP contribution in [0.4, 0.5) is 5.82 Å². The van der Waals surface area contributed by atoms with Crippen LogP contribution >= 0.6 is 0 Å². The number of ether oxygens (including phenoxy) is 1. The first-order valence-corrected chi connectivity index (χ1v) is 5.17. The van der Waals surface area contributed by atoms with Crippen molar-refractivity contribution >= 4 is 11.7 Å². The Hall–Kier alpha value is -1.78. The molecule has 0 aliphatic heterocycles. The molecular formula is C11H17N3O2. The Kier molecular flexibility index (Phi) is 4.57. The zero-order valence-corrected chi connectivity index (χ0v) is 9.86. The Bertz CT molecular complexity index is 353. The Morgan fingerprint density at radius 3 is 2.94 bits per heavy atom. The fourth-order valence-corrected chi connectivity index (χ4v) is 1.11. The predicted octanol–water partition coefficient (Wildman–Crippen LogP) is 0.980. The van der Waals surface area contributed by atoms with E-state index in [1.54, 1.807) is 26.4 Å². The highest BCUT2D eigenvalue weighted by Crippen LogP contribution is 2.20. The molecule has 1 aromatic heterocycles. The Morgan fingerprint density at radius 2 is 2.31 bits per heavy atom. The van der Waals surface area contributed by atoms with Gasteiger partial charge >= 0.3 is 0 Å². The molecule has 1 rings (SSSR count). The van der Waals surface area contributed by atoms with Crippen LogP contribution in [0, 0.1) is 0 Å². The van der Waals surface area contributed by atoms with Gasteiger partial charge in [0.1, 0.15) is 0 Å². The van der Waals surface area contributed by atoms with Crippen molar-refractivity contribution in [2.75, 3.05) is 32.6 Å². The molecule has 1 aromatic rings. The van der Waals surface area contributed by atoms with Gasteiger partial charge in [-0.2, -0.15) is 0 Å². The van der Waals surface area contributed by atoms with E-state index >= 15 is 0 Å². The Morgan fingerprint density at radius 1 is 1.56 bits per heavy atom. The SMILES string of the molecule is CCOc1cccnc1NCC(=O)N(C)C. The third-order valence-electron chi connectivity index (χ3n) is 1.98. The summed E-state index contributed by atoms with van der Waals surface area (Å²) in [6.45, 7) is 2.69. The van der Waals surface area contributed by atoms with Crippen molar-refractivity contribution in [3.05, 3.63) is 18.3 Å². The number of carbonyl (C=O) groups is 1. The fourth-order valence-electron chi connectivity index (χ4n) is 1.11. The highest BCUT2D eigenvalue weighted by molar-refractivity contribution is 5.80. The second-order valence-electron chi connectivity index (χ2n) is 3.42. The van der Waals surface area contributed by atoms with E-state index < -0.39 is 0 Å². The standard InChI is InChI=1S/C11H17N3O2/c1-4-16-9-6-5-7-12-11(9)13-8-10(15)14(2)3/h5-7H,4,8H2,1-3H3,(H,12,13). The molecule has 0 saturated carbocycles. The number of nitrogens with zero attached hydrogens (tertiary/aromatic N) is 2. The maximum Gasteiger partial charge on any atom is 0.241 e. The first-order valence-electron chi connectivity index (χ1n) is 5.17. The molecule has 16 heavy (non-hydrogen) atoms. The summed E-state index contributed by atoms with van der Waals surface area (Å²) in [6, 6.07) is 3.61. The topological polar surface area (TPSA) is 54.5 Å². The van der Waals surface area contributed by atoms with Crippen molar-refractivity contribution < 1.29 is 9.53 Å². The van der Waals surface area contributed by atoms with Crippen LogP contribution in [-0.4, -0.2) is 43.0 Å². The molecule has 0 unspecified atom stereocenters. The van der Waals surface area contributed by atoms with Crippen LogP contribution in [0.2, 0.25) is 0 Å². The van der Waals surface area contributed by atoms with Crippen molar-refractivity contribution in [1.29, 1.82) is 0 Å². The lowest BCUT2D eigenvalue weighted by Crippen LogP contribution is -2.28. The highest BCUT2D eigenvalue weighted by Gasteiger charge is 2.07. The summed E-state index contributed by atoms with van der Waals surface area (Å²) >= 11 is 0. The van der Waals surface area contributed by atoms with Crippen LogP contribution in [0.1, 0.15) is 6.92 Å². The monoisotopic (exact) mass is 223 g/mol. The number of hydrogen-bond acceptors (Lipinski definition) is 4. The van der Waals surface area contributed by atoms with E-state index in [0.29, 0.717) is 18.2 Å². The molecule has 0 bridgehead atoms. The minimum Gasteiger partial charge on any atom is -0.490 e. The second kappa shape index (κ2) is 5.95. The lowest BCUT2D eigenvalue weighted by Gasteiger charge is -2.13. The van der Waals surface area contributed by atoms with Crippen LogP contribution in [-0.2, 0) is 4.79 Å². The molecule has 0 aliphatic rings. The fraction of sp³-hybridized carbons (Fsp3) is 0.455. The van der Waals surface area contributed by atoms with Gasteiger partial charge in [-0.05, 0) is 19.1 Å². The van der Waals surface area contributed by atoms with E-state index in [2.05, 4.69) is 10.3 Å². The van der Waals surface area contributed by atoms with Gasteiger partial charge in [0.05, 0.1) is 13.2 Å². The average molecular weight is 223 g/mol. The number of carbonyl (C=O) groups excluding carboxylic acids is 1. The molecule has 0 atom stereocenters. The van der Waals surface area contributed by atoms with Crippen LogP contribution < -0.4 is 10.1 Å². The van der Waals surface area contributed by atoms with Crippen molar-refractivity contribution in [1.82, 2.24) is 9.88 Å². The molecule has 0 aliphatic carbocycles. The number of aromatic nitrogens is 1. The van der Waals surface area contributed by atoms with E-state index in [-0.39, 0.29) is 12.5 Å². The summed E-state index contributed by atoms with van der Waals surface area (Å²) in [6.07, 6.45) is 1.66. The quantitative estimate of drug-likeness (QED) is 0.808. The normalized spacial score (nSPS) is 9.69. The molecule has 5 nitrogen and oxygen atoms in total. The van der Waals surface area contributed by atoms with Gasteiger partial charge in [0.15, 0.2) is 11.6 Å². The number of rotatable bonds is 5. The summed E-state index contributed by atoms with van der Waals surface area (Å²) in [4.78, 5) is 17.0. The van der Waals surface area contributed by atoms with E-state index in [9.17, 15) is 4.79 Å². The molecule has 5 heteroatoms. The van der Waals surface area contributed by atoms with E-state index in [1.165, 1.54) is 4.90 Å². The first kappa shape index (κ1) is 12.3. The first-order chi connectivity index (χ1) is 7.65. The number of nitrogens with one attached hydrogen (secondary N) is 1. The summed E-state index contributed by atoms with van der Waals surface area (Å²) < 4.78 is 5.38. The van der Waals surface area contributed by atoms with Gasteiger partial charge in [-0.3, -0.25) is 4.79 Å². The van der Waals surface area contributed by atoms with Crippen molar-refractivity contribution in [2.45, 2.75) is 6.92 Å². The third kappa shape index (κ3) is 3.42. The number of hydrogen-bond donors (Lipinski definition) is 1. The minimum atomic E-state index is -0.00639. The summed E-state index contributed by atoms with van der Waals surface area (Å²) in [7, 11) is 3.43. The zero-order valence-electron chi connectivity index (χ0n) is 9.86. The third-order valence-corrected chi connectivity index (χ3v) is 1.98. The second-order valence-corrected chi connectivity index (χ2v) is 3.42. The molecule has 1 N–H and O–H groups in total. The maximum atomic E-state index is 11.4. The number of amides is 1. The molecule has 1 heterocycles. The number of anilines is 1.